The average Bonchev–Trinajstić information content (AvgIpc) is 2.39. The molecule has 1 heterocycles. The molecule has 0 aliphatic rings. The smallest absolute Gasteiger partial charge is 0.319 e. The highest BCUT2D eigenvalue weighted by Gasteiger charge is 2.15. The Morgan fingerprint density at radius 2 is 2.00 bits per heavy atom. The number of aromatic amines is 1. The van der Waals surface area contributed by atoms with E-state index in [1.165, 1.54) is 7.05 Å². The summed E-state index contributed by atoms with van der Waals surface area (Å²) in [5.41, 5.74) is -2.14. The van der Waals surface area contributed by atoms with Crippen molar-refractivity contribution < 1.29 is 13.6 Å². The maximum absolute atomic E-state index is 13.4. The van der Waals surface area contributed by atoms with E-state index in [0.29, 0.717) is 10.6 Å². The molecule has 1 aromatic carbocycles. The van der Waals surface area contributed by atoms with Crippen LogP contribution in [0.4, 0.5) is 14.5 Å². The van der Waals surface area contributed by atoms with E-state index in [9.17, 15) is 23.2 Å². The summed E-state index contributed by atoms with van der Waals surface area (Å²) in [5, 5.41) is 2.13. The molecule has 0 radical (unpaired) electrons. The van der Waals surface area contributed by atoms with Crippen LogP contribution in [0.5, 0.6) is 0 Å². The van der Waals surface area contributed by atoms with Gasteiger partial charge in [0.25, 0.3) is 11.5 Å². The first-order valence-corrected chi connectivity index (χ1v) is 5.45. The number of carbonyl (C=O) groups excluding carboxylic acids is 1. The Bertz CT molecular complexity index is 795. The van der Waals surface area contributed by atoms with E-state index in [4.69, 9.17) is 0 Å². The topological polar surface area (TPSA) is 84.0 Å². The third kappa shape index (κ3) is 2.48. The summed E-state index contributed by atoms with van der Waals surface area (Å²) in [6.45, 7) is 0. The van der Waals surface area contributed by atoms with Crippen molar-refractivity contribution in [3.05, 3.63) is 62.4 Å². The molecule has 2 N–H and O–H groups in total. The van der Waals surface area contributed by atoms with Gasteiger partial charge < -0.3 is 10.3 Å². The zero-order chi connectivity index (χ0) is 14.9. The van der Waals surface area contributed by atoms with Gasteiger partial charge in [0.05, 0.1) is 5.69 Å². The van der Waals surface area contributed by atoms with Gasteiger partial charge in [-0.1, -0.05) is 0 Å². The average molecular weight is 281 g/mol. The fraction of sp³-hybridized carbons (Fsp3) is 0.0833. The molecule has 2 rings (SSSR count). The summed E-state index contributed by atoms with van der Waals surface area (Å²) >= 11 is 0. The third-order valence-electron chi connectivity index (χ3n) is 2.60. The van der Waals surface area contributed by atoms with E-state index in [2.05, 4.69) is 10.3 Å². The molecule has 0 unspecified atom stereocenters. The minimum absolute atomic E-state index is 0.273. The number of rotatable bonds is 2. The second-order valence-electron chi connectivity index (χ2n) is 3.95. The van der Waals surface area contributed by atoms with Crippen LogP contribution in [0.15, 0.2) is 34.0 Å². The number of aromatic nitrogens is 2. The Labute approximate surface area is 110 Å². The van der Waals surface area contributed by atoms with Crippen molar-refractivity contribution in [3.8, 4) is 0 Å². The summed E-state index contributed by atoms with van der Waals surface area (Å²) in [4.78, 5) is 36.8. The van der Waals surface area contributed by atoms with Crippen molar-refractivity contribution in [1.82, 2.24) is 9.55 Å². The molecule has 0 atom stereocenters. The van der Waals surface area contributed by atoms with E-state index in [1.54, 1.807) is 0 Å². The molecular formula is C12H9F2N3O3. The number of halogens is 2. The number of hydrogen-bond donors (Lipinski definition) is 2. The highest BCUT2D eigenvalue weighted by molar-refractivity contribution is 6.03. The van der Waals surface area contributed by atoms with Gasteiger partial charge in [0.2, 0.25) is 0 Å². The lowest BCUT2D eigenvalue weighted by atomic mass is 10.2. The first-order valence-electron chi connectivity index (χ1n) is 5.45. The van der Waals surface area contributed by atoms with Crippen LogP contribution in [0.1, 0.15) is 10.4 Å². The van der Waals surface area contributed by atoms with Crippen LogP contribution in [0.25, 0.3) is 0 Å². The van der Waals surface area contributed by atoms with Crippen molar-refractivity contribution in [2.45, 2.75) is 0 Å². The number of hydrogen-bond acceptors (Lipinski definition) is 3. The fourth-order valence-electron chi connectivity index (χ4n) is 1.51. The molecule has 2 aromatic rings. The number of carbonyl (C=O) groups is 1. The van der Waals surface area contributed by atoms with E-state index in [1.807, 2.05) is 0 Å². The van der Waals surface area contributed by atoms with Gasteiger partial charge in [-0.25, -0.2) is 13.6 Å². The molecule has 6 nitrogen and oxygen atoms in total. The van der Waals surface area contributed by atoms with E-state index >= 15 is 0 Å². The maximum Gasteiger partial charge on any atom is 0.328 e. The summed E-state index contributed by atoms with van der Waals surface area (Å²) in [5.74, 6) is -2.67. The Hall–Kier alpha value is -2.77. The quantitative estimate of drug-likeness (QED) is 0.845. The second-order valence-corrected chi connectivity index (χ2v) is 3.95. The minimum Gasteiger partial charge on any atom is -0.319 e. The van der Waals surface area contributed by atoms with Crippen LogP contribution in [0.2, 0.25) is 0 Å². The first kappa shape index (κ1) is 13.7. The number of H-pyrrole nitrogens is 1. The monoisotopic (exact) mass is 281 g/mol. The fourth-order valence-corrected chi connectivity index (χ4v) is 1.51. The molecule has 0 saturated heterocycles. The van der Waals surface area contributed by atoms with Crippen molar-refractivity contribution in [2.75, 3.05) is 5.32 Å². The van der Waals surface area contributed by atoms with Crippen molar-refractivity contribution in [2.24, 2.45) is 7.05 Å². The summed E-state index contributed by atoms with van der Waals surface area (Å²) < 4.78 is 26.8. The normalized spacial score (nSPS) is 10.3. The van der Waals surface area contributed by atoms with Crippen molar-refractivity contribution in [3.63, 3.8) is 0 Å². The van der Waals surface area contributed by atoms with Gasteiger partial charge in [0.15, 0.2) is 0 Å². The molecule has 0 saturated carbocycles. The molecule has 1 amide bonds. The number of nitrogens with zero attached hydrogens (tertiary/aromatic N) is 1. The van der Waals surface area contributed by atoms with Crippen LogP contribution in [-0.4, -0.2) is 15.5 Å². The maximum atomic E-state index is 13.4. The molecule has 0 spiro atoms. The molecule has 1 aromatic heterocycles. The molecule has 104 valence electrons. The third-order valence-corrected chi connectivity index (χ3v) is 2.60. The SMILES string of the molecule is Cn1c(=O)[nH]cc(C(=O)Nc2ccc(F)cc2F)c1=O. The lowest BCUT2D eigenvalue weighted by Crippen LogP contribution is -2.37. The Balaban J connectivity index is 2.36. The van der Waals surface area contributed by atoms with E-state index in [0.717, 1.165) is 18.3 Å². The highest BCUT2D eigenvalue weighted by atomic mass is 19.1. The molecule has 20 heavy (non-hydrogen) atoms. The molecule has 0 bridgehead atoms. The molecule has 8 heteroatoms. The van der Waals surface area contributed by atoms with Crippen molar-refractivity contribution >= 4 is 11.6 Å². The Kier molecular flexibility index (Phi) is 3.47. The van der Waals surface area contributed by atoms with Gasteiger partial charge in [0.1, 0.15) is 17.2 Å². The van der Waals surface area contributed by atoms with E-state index in [-0.39, 0.29) is 11.3 Å². The van der Waals surface area contributed by atoms with Gasteiger partial charge in [-0.3, -0.25) is 14.2 Å². The predicted molar refractivity (Wildman–Crippen MR) is 66.6 cm³/mol. The Morgan fingerprint density at radius 1 is 1.30 bits per heavy atom. The zero-order valence-corrected chi connectivity index (χ0v) is 10.2. The molecule has 0 aliphatic heterocycles. The highest BCUT2D eigenvalue weighted by Crippen LogP contribution is 2.15. The number of amides is 1. The minimum atomic E-state index is -0.973. The Morgan fingerprint density at radius 3 is 2.65 bits per heavy atom. The number of benzene rings is 1. The second kappa shape index (κ2) is 5.08. The summed E-state index contributed by atoms with van der Waals surface area (Å²) in [6.07, 6.45) is 0.932. The number of nitrogens with one attached hydrogen (secondary N) is 2. The van der Waals surface area contributed by atoms with Crippen LogP contribution in [0, 0.1) is 11.6 Å². The summed E-state index contributed by atoms with van der Waals surface area (Å²) in [7, 11) is 1.19. The number of anilines is 1. The molecule has 0 aliphatic carbocycles. The van der Waals surface area contributed by atoms with Crippen LogP contribution in [-0.2, 0) is 7.05 Å². The van der Waals surface area contributed by atoms with Gasteiger partial charge in [0, 0.05) is 19.3 Å². The van der Waals surface area contributed by atoms with Gasteiger partial charge >= 0.3 is 5.69 Å². The lowest BCUT2D eigenvalue weighted by molar-refractivity contribution is 0.102. The van der Waals surface area contributed by atoms with Gasteiger partial charge in [-0.2, -0.15) is 0 Å². The van der Waals surface area contributed by atoms with Crippen LogP contribution in [0.3, 0.4) is 0 Å². The molecular weight excluding hydrogens is 272 g/mol. The van der Waals surface area contributed by atoms with Crippen LogP contribution < -0.4 is 16.6 Å². The summed E-state index contributed by atoms with van der Waals surface area (Å²) in [6, 6.07) is 2.59. The standard InChI is InChI=1S/C12H9F2N3O3/c1-17-11(19)7(5-15-12(17)20)10(18)16-9-3-2-6(13)4-8(9)14/h2-5H,1H3,(H,15,20)(H,16,18). The molecule has 0 fully saturated rings. The van der Waals surface area contributed by atoms with Crippen molar-refractivity contribution in [1.29, 1.82) is 0 Å². The predicted octanol–water partition coefficient (Wildman–Crippen LogP) is 0.604. The lowest BCUT2D eigenvalue weighted by Gasteiger charge is -2.06. The van der Waals surface area contributed by atoms with Gasteiger partial charge in [-0.05, 0) is 12.1 Å². The van der Waals surface area contributed by atoms with Gasteiger partial charge in [-0.15, -0.1) is 0 Å². The van der Waals surface area contributed by atoms with Crippen LogP contribution >= 0.6 is 0 Å². The zero-order valence-electron chi connectivity index (χ0n) is 10.2. The van der Waals surface area contributed by atoms with E-state index < -0.39 is 28.8 Å². The first-order chi connectivity index (χ1) is 9.40. The largest absolute Gasteiger partial charge is 0.328 e.